The number of piperidine rings is 1. The molecule has 0 aromatic carbocycles. The van der Waals surface area contributed by atoms with Gasteiger partial charge in [-0.1, -0.05) is 0 Å². The van der Waals surface area contributed by atoms with E-state index in [0.29, 0.717) is 18.1 Å². The number of aliphatic imine (C=N–C) groups is 1. The molecule has 3 heterocycles. The van der Waals surface area contributed by atoms with Gasteiger partial charge in [0.2, 0.25) is 0 Å². The Hall–Kier alpha value is -1.31. The summed E-state index contributed by atoms with van der Waals surface area (Å²) < 4.78 is 5.56. The van der Waals surface area contributed by atoms with Crippen molar-refractivity contribution in [1.82, 2.24) is 15.5 Å². The first kappa shape index (κ1) is 20.4. The molecule has 3 rings (SSSR count). The van der Waals surface area contributed by atoms with Crippen molar-refractivity contribution < 1.29 is 4.74 Å². The minimum Gasteiger partial charge on any atom is -0.379 e. The van der Waals surface area contributed by atoms with Crippen LogP contribution in [0.4, 0.5) is 5.00 Å². The van der Waals surface area contributed by atoms with Crippen molar-refractivity contribution in [2.45, 2.75) is 51.7 Å². The number of hydrogen-bond donors (Lipinski definition) is 2. The van der Waals surface area contributed by atoms with E-state index < -0.39 is 0 Å². The molecule has 0 spiro atoms. The molecular weight excluding hydrogens is 358 g/mol. The molecule has 7 heteroatoms. The maximum absolute atomic E-state index is 5.56. The summed E-state index contributed by atoms with van der Waals surface area (Å²) in [5.41, 5.74) is 0. The Morgan fingerprint density at radius 3 is 2.85 bits per heavy atom. The van der Waals surface area contributed by atoms with Crippen molar-refractivity contribution in [1.29, 1.82) is 0 Å². The number of morpholine rings is 1. The van der Waals surface area contributed by atoms with Gasteiger partial charge in [0, 0.05) is 44.3 Å². The van der Waals surface area contributed by atoms with E-state index in [-0.39, 0.29) is 0 Å². The summed E-state index contributed by atoms with van der Waals surface area (Å²) >= 11 is 1.83. The Bertz CT molecular complexity index is 571. The average Bonchev–Trinajstić information content (AvgIpc) is 3.22. The minimum atomic E-state index is 0.431. The van der Waals surface area contributed by atoms with Gasteiger partial charge in [-0.25, -0.2) is 0 Å². The standard InChI is InChI=1S/C20H35N5OS/c1-4-21-20(22-14-16(2)25-11-12-26-15-17(25)3)23-18-7-9-24(10-8-18)19-6-5-13-27-19/h5-6,13,16-18H,4,7-12,14-15H2,1-3H3,(H2,21,22,23). The predicted octanol–water partition coefficient (Wildman–Crippen LogP) is 2.38. The molecule has 0 bridgehead atoms. The predicted molar refractivity (Wildman–Crippen MR) is 115 cm³/mol. The monoisotopic (exact) mass is 393 g/mol. The van der Waals surface area contributed by atoms with E-state index in [0.717, 1.165) is 64.7 Å². The highest BCUT2D eigenvalue weighted by Crippen LogP contribution is 2.24. The van der Waals surface area contributed by atoms with Gasteiger partial charge in [0.15, 0.2) is 5.96 Å². The molecule has 1 aromatic heterocycles. The molecule has 2 fully saturated rings. The summed E-state index contributed by atoms with van der Waals surface area (Å²) in [7, 11) is 0. The van der Waals surface area contributed by atoms with Gasteiger partial charge >= 0.3 is 0 Å². The van der Waals surface area contributed by atoms with E-state index in [9.17, 15) is 0 Å². The summed E-state index contributed by atoms with van der Waals surface area (Å²) in [5.74, 6) is 0.958. The van der Waals surface area contributed by atoms with E-state index in [4.69, 9.17) is 9.73 Å². The van der Waals surface area contributed by atoms with Gasteiger partial charge in [0.05, 0.1) is 24.8 Å². The van der Waals surface area contributed by atoms with Gasteiger partial charge in [0.1, 0.15) is 0 Å². The lowest BCUT2D eigenvalue weighted by Crippen LogP contribution is -2.51. The highest BCUT2D eigenvalue weighted by molar-refractivity contribution is 7.14. The van der Waals surface area contributed by atoms with Gasteiger partial charge in [-0.3, -0.25) is 9.89 Å². The SMILES string of the molecule is CCNC(=NCC(C)N1CCOCC1C)NC1CCN(c2cccs2)CC1. The van der Waals surface area contributed by atoms with Crippen LogP contribution in [0.25, 0.3) is 0 Å². The lowest BCUT2D eigenvalue weighted by atomic mass is 10.1. The Morgan fingerprint density at radius 2 is 2.19 bits per heavy atom. The Labute approximate surface area is 168 Å². The molecule has 0 amide bonds. The number of nitrogens with zero attached hydrogens (tertiary/aromatic N) is 3. The van der Waals surface area contributed by atoms with Crippen molar-refractivity contribution in [2.24, 2.45) is 4.99 Å². The fraction of sp³-hybridized carbons (Fsp3) is 0.750. The van der Waals surface area contributed by atoms with Crippen molar-refractivity contribution in [2.75, 3.05) is 50.8 Å². The zero-order valence-corrected chi connectivity index (χ0v) is 17.8. The maximum Gasteiger partial charge on any atom is 0.191 e. The molecule has 2 unspecified atom stereocenters. The number of anilines is 1. The number of nitrogens with one attached hydrogen (secondary N) is 2. The molecule has 2 saturated heterocycles. The Kier molecular flexibility index (Phi) is 7.79. The van der Waals surface area contributed by atoms with Crippen LogP contribution < -0.4 is 15.5 Å². The number of hydrogen-bond acceptors (Lipinski definition) is 5. The molecule has 2 aliphatic rings. The van der Waals surface area contributed by atoms with Crippen LogP contribution in [0.3, 0.4) is 0 Å². The van der Waals surface area contributed by atoms with Crippen LogP contribution in [-0.2, 0) is 4.74 Å². The van der Waals surface area contributed by atoms with Crippen LogP contribution >= 0.6 is 11.3 Å². The van der Waals surface area contributed by atoms with Crippen LogP contribution in [-0.4, -0.2) is 74.9 Å². The van der Waals surface area contributed by atoms with Crippen LogP contribution in [0.15, 0.2) is 22.5 Å². The molecule has 2 atom stereocenters. The Balaban J connectivity index is 1.49. The second-order valence-corrected chi connectivity index (χ2v) is 8.51. The summed E-state index contributed by atoms with van der Waals surface area (Å²) in [5, 5.41) is 10.6. The molecule has 0 radical (unpaired) electrons. The lowest BCUT2D eigenvalue weighted by Gasteiger charge is -2.37. The lowest BCUT2D eigenvalue weighted by molar-refractivity contribution is -0.0165. The molecule has 2 N–H and O–H groups in total. The third kappa shape index (κ3) is 5.83. The van der Waals surface area contributed by atoms with Gasteiger partial charge in [0.25, 0.3) is 0 Å². The van der Waals surface area contributed by atoms with Gasteiger partial charge in [-0.2, -0.15) is 0 Å². The second kappa shape index (κ2) is 10.3. The highest BCUT2D eigenvalue weighted by Gasteiger charge is 2.24. The van der Waals surface area contributed by atoms with E-state index in [1.165, 1.54) is 5.00 Å². The van der Waals surface area contributed by atoms with Crippen molar-refractivity contribution in [3.8, 4) is 0 Å². The van der Waals surface area contributed by atoms with E-state index >= 15 is 0 Å². The van der Waals surface area contributed by atoms with Crippen molar-refractivity contribution in [3.05, 3.63) is 17.5 Å². The van der Waals surface area contributed by atoms with Gasteiger partial charge in [-0.05, 0) is 51.1 Å². The molecule has 2 aliphatic heterocycles. The topological polar surface area (TPSA) is 52.1 Å². The fourth-order valence-corrected chi connectivity index (χ4v) is 4.72. The first-order chi connectivity index (χ1) is 13.2. The molecule has 6 nitrogen and oxygen atoms in total. The van der Waals surface area contributed by atoms with Gasteiger partial charge < -0.3 is 20.3 Å². The number of thiophene rings is 1. The molecule has 0 saturated carbocycles. The average molecular weight is 394 g/mol. The van der Waals surface area contributed by atoms with E-state index in [2.05, 4.69) is 58.7 Å². The molecule has 0 aliphatic carbocycles. The molecular formula is C20H35N5OS. The van der Waals surface area contributed by atoms with Crippen LogP contribution in [0, 0.1) is 0 Å². The Morgan fingerprint density at radius 1 is 1.37 bits per heavy atom. The van der Waals surface area contributed by atoms with Crippen LogP contribution in [0.1, 0.15) is 33.6 Å². The molecule has 152 valence electrons. The fourth-order valence-electron chi connectivity index (χ4n) is 3.93. The summed E-state index contributed by atoms with van der Waals surface area (Å²) in [4.78, 5) is 9.89. The normalized spacial score (nSPS) is 24.0. The van der Waals surface area contributed by atoms with Crippen molar-refractivity contribution >= 4 is 22.3 Å². The minimum absolute atomic E-state index is 0.431. The van der Waals surface area contributed by atoms with E-state index in [1.54, 1.807) is 0 Å². The first-order valence-electron chi connectivity index (χ1n) is 10.3. The van der Waals surface area contributed by atoms with E-state index in [1.807, 2.05) is 11.3 Å². The third-order valence-electron chi connectivity index (χ3n) is 5.50. The number of guanidine groups is 1. The summed E-state index contributed by atoms with van der Waals surface area (Å²) in [6.07, 6.45) is 2.30. The van der Waals surface area contributed by atoms with Crippen LogP contribution in [0.5, 0.6) is 0 Å². The smallest absolute Gasteiger partial charge is 0.191 e. The number of ether oxygens (including phenoxy) is 1. The van der Waals surface area contributed by atoms with Crippen LogP contribution in [0.2, 0.25) is 0 Å². The largest absolute Gasteiger partial charge is 0.379 e. The van der Waals surface area contributed by atoms with Gasteiger partial charge in [-0.15, -0.1) is 11.3 Å². The third-order valence-corrected chi connectivity index (χ3v) is 6.43. The number of rotatable bonds is 6. The molecule has 27 heavy (non-hydrogen) atoms. The first-order valence-corrected chi connectivity index (χ1v) is 11.2. The molecule has 1 aromatic rings. The maximum atomic E-state index is 5.56. The zero-order chi connectivity index (χ0) is 19.1. The highest BCUT2D eigenvalue weighted by atomic mass is 32.1. The summed E-state index contributed by atoms with van der Waals surface area (Å²) in [6.45, 7) is 13.2. The second-order valence-electron chi connectivity index (χ2n) is 7.59. The summed E-state index contributed by atoms with van der Waals surface area (Å²) in [6, 6.07) is 5.76. The quantitative estimate of drug-likeness (QED) is 0.574. The van der Waals surface area contributed by atoms with Crippen molar-refractivity contribution in [3.63, 3.8) is 0 Å². The zero-order valence-electron chi connectivity index (χ0n) is 17.0.